The molecule has 2 bridgehead atoms. The van der Waals surface area contributed by atoms with Crippen LogP contribution in [0, 0.1) is 5.82 Å². The van der Waals surface area contributed by atoms with E-state index in [0.717, 1.165) is 12.1 Å². The lowest BCUT2D eigenvalue weighted by Crippen LogP contribution is -2.84. The molecule has 3 aliphatic carbocycles. The van der Waals surface area contributed by atoms with Gasteiger partial charge in [-0.1, -0.05) is 11.6 Å². The van der Waals surface area contributed by atoms with Gasteiger partial charge in [0.2, 0.25) is 0 Å². The molecule has 7 nitrogen and oxygen atoms in total. The second-order valence-electron chi connectivity index (χ2n) is 7.85. The summed E-state index contributed by atoms with van der Waals surface area (Å²) < 4.78 is 47.7. The summed E-state index contributed by atoms with van der Waals surface area (Å²) in [4.78, 5) is 16.3. The number of ether oxygens (including phenoxy) is 2. The fraction of sp³-hybridized carbons (Fsp3) is 0.400. The molecule has 3 aliphatic rings. The van der Waals surface area contributed by atoms with Gasteiger partial charge in [0, 0.05) is 29.4 Å². The minimum atomic E-state index is -2.99. The minimum Gasteiger partial charge on any atom is -0.489 e. The maximum absolute atomic E-state index is 13.4. The monoisotopic (exact) mass is 457 g/mol. The van der Waals surface area contributed by atoms with Crippen molar-refractivity contribution in [2.45, 2.75) is 43.2 Å². The Bertz CT molecular complexity index is 974. The Hall–Kier alpha value is -2.56. The average molecular weight is 458 g/mol. The first-order valence-corrected chi connectivity index (χ1v) is 9.82. The second-order valence-corrected chi connectivity index (χ2v) is 8.25. The highest BCUT2D eigenvalue weighted by molar-refractivity contribution is 6.30. The van der Waals surface area contributed by atoms with Gasteiger partial charge in [0.25, 0.3) is 5.91 Å². The quantitative estimate of drug-likeness (QED) is 0.501. The fourth-order valence-corrected chi connectivity index (χ4v) is 4.34. The number of aliphatic hydroxyl groups excluding tert-OH is 1. The molecule has 0 spiro atoms. The largest absolute Gasteiger partial charge is 0.489 e. The van der Waals surface area contributed by atoms with Crippen molar-refractivity contribution in [2.75, 3.05) is 6.61 Å². The van der Waals surface area contributed by atoms with Gasteiger partial charge in [0.1, 0.15) is 35.8 Å². The lowest BCUT2D eigenvalue weighted by Gasteiger charge is -2.71. The fourth-order valence-electron chi connectivity index (χ4n) is 4.23. The van der Waals surface area contributed by atoms with Gasteiger partial charge in [-0.15, -0.1) is 0 Å². The topological polar surface area (TPSA) is 92.7 Å². The molecule has 0 radical (unpaired) electrons. The number of nitrogens with one attached hydrogen (secondary N) is 2. The Kier molecular flexibility index (Phi) is 5.71. The summed E-state index contributed by atoms with van der Waals surface area (Å²) in [6.45, 7) is -3.08. The van der Waals surface area contributed by atoms with Gasteiger partial charge in [-0.2, -0.15) is 8.78 Å². The molecule has 1 aromatic heterocycles. The predicted molar refractivity (Wildman–Crippen MR) is 104 cm³/mol. The van der Waals surface area contributed by atoms with Crippen LogP contribution in [-0.2, 0) is 0 Å². The molecule has 1 unspecified atom stereocenters. The third-order valence-electron chi connectivity index (χ3n) is 5.37. The van der Waals surface area contributed by atoms with Crippen molar-refractivity contribution in [1.82, 2.24) is 15.6 Å². The minimum absolute atomic E-state index is 0.0179. The van der Waals surface area contributed by atoms with Gasteiger partial charge in [-0.25, -0.2) is 4.39 Å². The van der Waals surface area contributed by atoms with E-state index in [-0.39, 0.29) is 34.4 Å². The number of rotatable bonds is 9. The summed E-state index contributed by atoms with van der Waals surface area (Å²) in [5.74, 6) is -0.995. The number of pyridine rings is 1. The standard InChI is InChI=1S/C20H19ClF3N3O4/c21-13-2-1-11(5-14(13)22)30-7-16(28)26-19-8-20(9-19,10-19)27-17(29)15-6-12(3-4-25-15)31-18(23)24/h1-6,16,18,26,28H,7-10H2,(H,27,29). The van der Waals surface area contributed by atoms with Crippen LogP contribution in [-0.4, -0.2) is 46.5 Å². The Labute approximate surface area is 180 Å². The molecule has 1 amide bonds. The van der Waals surface area contributed by atoms with E-state index in [1.165, 1.54) is 24.4 Å². The van der Waals surface area contributed by atoms with E-state index in [4.69, 9.17) is 16.3 Å². The number of carbonyl (C=O) groups excluding carboxylic acids is 1. The number of aromatic nitrogens is 1. The molecule has 166 valence electrons. The van der Waals surface area contributed by atoms with Crippen molar-refractivity contribution in [3.63, 3.8) is 0 Å². The van der Waals surface area contributed by atoms with Gasteiger partial charge in [0.15, 0.2) is 0 Å². The first-order chi connectivity index (χ1) is 14.7. The maximum atomic E-state index is 13.4. The maximum Gasteiger partial charge on any atom is 0.387 e. The van der Waals surface area contributed by atoms with Crippen LogP contribution in [0.3, 0.4) is 0 Å². The molecular weight excluding hydrogens is 439 g/mol. The van der Waals surface area contributed by atoms with E-state index in [2.05, 4.69) is 20.4 Å². The summed E-state index contributed by atoms with van der Waals surface area (Å²) in [5, 5.41) is 16.1. The molecule has 31 heavy (non-hydrogen) atoms. The SMILES string of the molecule is O=C(NC12CC(NC(O)COc3ccc(Cl)c(F)c3)(C1)C2)c1cc(OC(F)F)ccn1. The van der Waals surface area contributed by atoms with Gasteiger partial charge >= 0.3 is 6.61 Å². The molecule has 1 heterocycles. The van der Waals surface area contributed by atoms with Crippen LogP contribution in [0.5, 0.6) is 11.5 Å². The van der Waals surface area contributed by atoms with Crippen LogP contribution >= 0.6 is 11.6 Å². The Balaban J connectivity index is 1.24. The molecule has 11 heteroatoms. The van der Waals surface area contributed by atoms with Crippen LogP contribution in [0.1, 0.15) is 29.8 Å². The summed E-state index contributed by atoms with van der Waals surface area (Å²) in [5.41, 5.74) is -0.769. The lowest BCUT2D eigenvalue weighted by atomic mass is 9.44. The summed E-state index contributed by atoms with van der Waals surface area (Å²) in [6, 6.07) is 6.39. The third-order valence-corrected chi connectivity index (χ3v) is 5.68. The van der Waals surface area contributed by atoms with E-state index in [1.54, 1.807) is 0 Å². The molecule has 3 fully saturated rings. The number of benzene rings is 1. The number of aliphatic hydroxyl groups is 1. The molecule has 0 aliphatic heterocycles. The number of alkyl halides is 2. The van der Waals surface area contributed by atoms with Gasteiger partial charge in [-0.05, 0) is 37.5 Å². The average Bonchev–Trinajstić information content (AvgIpc) is 2.66. The third kappa shape index (κ3) is 4.70. The van der Waals surface area contributed by atoms with Crippen LogP contribution in [0.15, 0.2) is 36.5 Å². The van der Waals surface area contributed by atoms with Crippen LogP contribution < -0.4 is 20.1 Å². The van der Waals surface area contributed by atoms with Gasteiger partial charge < -0.3 is 19.9 Å². The zero-order valence-corrected chi connectivity index (χ0v) is 16.8. The van der Waals surface area contributed by atoms with Crippen molar-refractivity contribution >= 4 is 17.5 Å². The van der Waals surface area contributed by atoms with E-state index >= 15 is 0 Å². The molecular formula is C20H19ClF3N3O4. The number of amides is 1. The van der Waals surface area contributed by atoms with Crippen molar-refractivity contribution < 1.29 is 32.5 Å². The summed E-state index contributed by atoms with van der Waals surface area (Å²) in [6.07, 6.45) is 2.00. The number of hydrogen-bond acceptors (Lipinski definition) is 6. The number of nitrogens with zero attached hydrogens (tertiary/aromatic N) is 1. The zero-order chi connectivity index (χ0) is 22.2. The first kappa shape index (κ1) is 21.7. The zero-order valence-electron chi connectivity index (χ0n) is 16.1. The van der Waals surface area contributed by atoms with Crippen molar-refractivity contribution in [3.05, 3.63) is 53.1 Å². The molecule has 1 aromatic carbocycles. The van der Waals surface area contributed by atoms with E-state index in [0.29, 0.717) is 19.3 Å². The van der Waals surface area contributed by atoms with Crippen LogP contribution in [0.2, 0.25) is 5.02 Å². The molecule has 1 atom stereocenters. The van der Waals surface area contributed by atoms with Crippen LogP contribution in [0.4, 0.5) is 13.2 Å². The van der Waals surface area contributed by atoms with Crippen molar-refractivity contribution in [3.8, 4) is 11.5 Å². The Morgan fingerprint density at radius 3 is 2.61 bits per heavy atom. The van der Waals surface area contributed by atoms with E-state index in [9.17, 15) is 23.1 Å². The predicted octanol–water partition coefficient (Wildman–Crippen LogP) is 2.87. The van der Waals surface area contributed by atoms with E-state index in [1.807, 2.05) is 0 Å². The normalized spacial score (nSPS) is 24.7. The van der Waals surface area contributed by atoms with Gasteiger partial charge in [-0.3, -0.25) is 15.1 Å². The summed E-state index contributed by atoms with van der Waals surface area (Å²) >= 11 is 5.62. The summed E-state index contributed by atoms with van der Waals surface area (Å²) in [7, 11) is 0. The van der Waals surface area contributed by atoms with Gasteiger partial charge in [0.05, 0.1) is 5.02 Å². The number of carbonyl (C=O) groups is 1. The molecule has 3 saturated carbocycles. The highest BCUT2D eigenvalue weighted by Gasteiger charge is 2.69. The highest BCUT2D eigenvalue weighted by atomic mass is 35.5. The lowest BCUT2D eigenvalue weighted by molar-refractivity contribution is -0.127. The Morgan fingerprint density at radius 1 is 1.19 bits per heavy atom. The van der Waals surface area contributed by atoms with Crippen molar-refractivity contribution in [2.24, 2.45) is 0 Å². The first-order valence-electron chi connectivity index (χ1n) is 9.45. The smallest absolute Gasteiger partial charge is 0.387 e. The molecule has 0 saturated heterocycles. The van der Waals surface area contributed by atoms with Crippen LogP contribution in [0.25, 0.3) is 0 Å². The molecule has 5 rings (SSSR count). The number of hydrogen-bond donors (Lipinski definition) is 3. The van der Waals surface area contributed by atoms with E-state index < -0.39 is 30.1 Å². The Morgan fingerprint density at radius 2 is 1.94 bits per heavy atom. The highest BCUT2D eigenvalue weighted by Crippen LogP contribution is 2.60. The molecule has 3 N–H and O–H groups in total. The van der Waals surface area contributed by atoms with Crippen molar-refractivity contribution in [1.29, 1.82) is 0 Å². The number of halogens is 4. The second kappa shape index (κ2) is 8.18. The molecule has 2 aromatic rings.